The molecule has 1 aromatic carbocycles. The molecule has 2 fully saturated rings. The second-order valence-corrected chi connectivity index (χ2v) is 5.26. The number of hydrogen-bond acceptors (Lipinski definition) is 2. The minimum atomic E-state index is 0.0383. The number of nitrogens with zero attached hydrogens (tertiary/aromatic N) is 1. The van der Waals surface area contributed by atoms with Crippen molar-refractivity contribution in [1.29, 1.82) is 0 Å². The van der Waals surface area contributed by atoms with Gasteiger partial charge in [0, 0.05) is 6.54 Å². The number of carbonyl (C=O) groups excluding carboxylic acids is 1. The van der Waals surface area contributed by atoms with E-state index in [9.17, 15) is 4.79 Å². The molecule has 18 heavy (non-hydrogen) atoms. The zero-order valence-electron chi connectivity index (χ0n) is 10.5. The first-order valence-corrected chi connectivity index (χ1v) is 6.77. The number of rotatable bonds is 3. The third-order valence-corrected chi connectivity index (χ3v) is 3.72. The molecule has 1 heterocycles. The highest BCUT2D eigenvalue weighted by atomic mass is 16.5. The lowest BCUT2D eigenvalue weighted by molar-refractivity contribution is -0.130. The van der Waals surface area contributed by atoms with Crippen LogP contribution in [-0.2, 0) is 9.53 Å². The second kappa shape index (κ2) is 5.11. The number of hydrogen-bond donors (Lipinski definition) is 0. The third-order valence-electron chi connectivity index (χ3n) is 3.72. The predicted molar refractivity (Wildman–Crippen MR) is 69.1 cm³/mol. The molecule has 2 aliphatic rings. The SMILES string of the molecule is O=C1CCOC(c2ccccc2)CN1CC1CC1. The van der Waals surface area contributed by atoms with Crippen LogP contribution in [0, 0.1) is 5.92 Å². The topological polar surface area (TPSA) is 29.5 Å². The molecule has 0 spiro atoms. The van der Waals surface area contributed by atoms with Gasteiger partial charge >= 0.3 is 0 Å². The predicted octanol–water partition coefficient (Wildman–Crippen LogP) is 2.39. The van der Waals surface area contributed by atoms with Crippen LogP contribution in [-0.4, -0.2) is 30.5 Å². The zero-order chi connectivity index (χ0) is 12.4. The molecule has 0 aromatic heterocycles. The van der Waals surface area contributed by atoms with Gasteiger partial charge in [-0.1, -0.05) is 30.3 Å². The van der Waals surface area contributed by atoms with Crippen LogP contribution in [0.3, 0.4) is 0 Å². The molecule has 1 unspecified atom stereocenters. The first-order valence-electron chi connectivity index (χ1n) is 6.77. The van der Waals surface area contributed by atoms with E-state index in [1.165, 1.54) is 18.4 Å². The quantitative estimate of drug-likeness (QED) is 0.818. The average Bonchev–Trinajstić information content (AvgIpc) is 3.21. The van der Waals surface area contributed by atoms with E-state index < -0.39 is 0 Å². The lowest BCUT2D eigenvalue weighted by Gasteiger charge is -2.24. The van der Waals surface area contributed by atoms with E-state index in [4.69, 9.17) is 4.74 Å². The van der Waals surface area contributed by atoms with Gasteiger partial charge in [-0.15, -0.1) is 0 Å². The average molecular weight is 245 g/mol. The first kappa shape index (κ1) is 11.7. The number of ether oxygens (including phenoxy) is 1. The van der Waals surface area contributed by atoms with Gasteiger partial charge in [0.25, 0.3) is 0 Å². The molecule has 1 aliphatic carbocycles. The largest absolute Gasteiger partial charge is 0.371 e. The van der Waals surface area contributed by atoms with Crippen LogP contribution in [0.4, 0.5) is 0 Å². The van der Waals surface area contributed by atoms with Crippen molar-refractivity contribution in [2.45, 2.75) is 25.4 Å². The maximum atomic E-state index is 12.0. The van der Waals surface area contributed by atoms with Gasteiger partial charge in [-0.05, 0) is 24.3 Å². The molecule has 1 amide bonds. The van der Waals surface area contributed by atoms with Gasteiger partial charge in [-0.2, -0.15) is 0 Å². The van der Waals surface area contributed by atoms with Crippen LogP contribution >= 0.6 is 0 Å². The van der Waals surface area contributed by atoms with E-state index >= 15 is 0 Å². The van der Waals surface area contributed by atoms with Gasteiger partial charge < -0.3 is 9.64 Å². The number of carbonyl (C=O) groups is 1. The highest BCUT2D eigenvalue weighted by Crippen LogP contribution is 2.31. The van der Waals surface area contributed by atoms with Crippen LogP contribution in [0.1, 0.15) is 30.9 Å². The minimum Gasteiger partial charge on any atom is -0.371 e. The first-order chi connectivity index (χ1) is 8.83. The molecule has 96 valence electrons. The molecule has 1 saturated heterocycles. The molecule has 0 radical (unpaired) electrons. The minimum absolute atomic E-state index is 0.0383. The Labute approximate surface area is 108 Å². The second-order valence-electron chi connectivity index (χ2n) is 5.26. The van der Waals surface area contributed by atoms with Gasteiger partial charge in [-0.25, -0.2) is 0 Å². The van der Waals surface area contributed by atoms with Crippen molar-refractivity contribution in [2.24, 2.45) is 5.92 Å². The Balaban J connectivity index is 1.72. The summed E-state index contributed by atoms with van der Waals surface area (Å²) >= 11 is 0. The summed E-state index contributed by atoms with van der Waals surface area (Å²) in [6.07, 6.45) is 3.12. The molecule has 1 atom stereocenters. The molecule has 1 aliphatic heterocycles. The van der Waals surface area contributed by atoms with Gasteiger partial charge in [0.1, 0.15) is 6.10 Å². The Morgan fingerprint density at radius 1 is 1.22 bits per heavy atom. The van der Waals surface area contributed by atoms with E-state index in [0.717, 1.165) is 12.5 Å². The summed E-state index contributed by atoms with van der Waals surface area (Å²) in [6.45, 7) is 2.17. The number of amides is 1. The Bertz CT molecular complexity index is 414. The molecule has 3 rings (SSSR count). The van der Waals surface area contributed by atoms with Crippen LogP contribution in [0.5, 0.6) is 0 Å². The third kappa shape index (κ3) is 2.72. The molecule has 3 heteroatoms. The van der Waals surface area contributed by atoms with E-state index in [-0.39, 0.29) is 12.0 Å². The van der Waals surface area contributed by atoms with Crippen LogP contribution in [0.2, 0.25) is 0 Å². The fourth-order valence-corrected chi connectivity index (χ4v) is 2.46. The fourth-order valence-electron chi connectivity index (χ4n) is 2.46. The maximum Gasteiger partial charge on any atom is 0.224 e. The van der Waals surface area contributed by atoms with Crippen molar-refractivity contribution in [3.05, 3.63) is 35.9 Å². The molecular weight excluding hydrogens is 226 g/mol. The molecule has 3 nitrogen and oxygen atoms in total. The lowest BCUT2D eigenvalue weighted by atomic mass is 10.1. The van der Waals surface area contributed by atoms with Crippen molar-refractivity contribution < 1.29 is 9.53 Å². The summed E-state index contributed by atoms with van der Waals surface area (Å²) in [5.41, 5.74) is 1.17. The zero-order valence-corrected chi connectivity index (χ0v) is 10.5. The summed E-state index contributed by atoms with van der Waals surface area (Å²) in [7, 11) is 0. The van der Waals surface area contributed by atoms with Gasteiger partial charge in [0.2, 0.25) is 5.91 Å². The van der Waals surface area contributed by atoms with E-state index in [1.54, 1.807) is 0 Å². The Hall–Kier alpha value is -1.35. The monoisotopic (exact) mass is 245 g/mol. The van der Waals surface area contributed by atoms with Crippen molar-refractivity contribution in [1.82, 2.24) is 4.90 Å². The van der Waals surface area contributed by atoms with Crippen molar-refractivity contribution in [2.75, 3.05) is 19.7 Å². The highest BCUT2D eigenvalue weighted by Gasteiger charge is 2.30. The standard InChI is InChI=1S/C15H19NO2/c17-15-8-9-18-14(13-4-2-1-3-5-13)11-16(15)10-12-6-7-12/h1-5,12,14H,6-11H2. The molecule has 1 aromatic rings. The fraction of sp³-hybridized carbons (Fsp3) is 0.533. The molecule has 1 saturated carbocycles. The summed E-state index contributed by atoms with van der Waals surface area (Å²) in [4.78, 5) is 14.0. The van der Waals surface area contributed by atoms with E-state index in [2.05, 4.69) is 12.1 Å². The summed E-state index contributed by atoms with van der Waals surface area (Å²) in [6, 6.07) is 10.2. The summed E-state index contributed by atoms with van der Waals surface area (Å²) in [5.74, 6) is 0.990. The van der Waals surface area contributed by atoms with Crippen LogP contribution < -0.4 is 0 Å². The van der Waals surface area contributed by atoms with Crippen LogP contribution in [0.25, 0.3) is 0 Å². The van der Waals surface area contributed by atoms with Crippen molar-refractivity contribution in [3.8, 4) is 0 Å². The maximum absolute atomic E-state index is 12.0. The Kier molecular flexibility index (Phi) is 3.33. The van der Waals surface area contributed by atoms with E-state index in [0.29, 0.717) is 19.6 Å². The normalized spacial score (nSPS) is 25.0. The molecular formula is C15H19NO2. The van der Waals surface area contributed by atoms with Crippen molar-refractivity contribution >= 4 is 5.91 Å². The van der Waals surface area contributed by atoms with E-state index in [1.807, 2.05) is 23.1 Å². The molecule has 0 bridgehead atoms. The molecule has 0 N–H and O–H groups in total. The van der Waals surface area contributed by atoms with Crippen LogP contribution in [0.15, 0.2) is 30.3 Å². The lowest BCUT2D eigenvalue weighted by Crippen LogP contribution is -2.34. The highest BCUT2D eigenvalue weighted by molar-refractivity contribution is 5.76. The number of benzene rings is 1. The smallest absolute Gasteiger partial charge is 0.224 e. The summed E-state index contributed by atoms with van der Waals surface area (Å²) in [5, 5.41) is 0. The van der Waals surface area contributed by atoms with Gasteiger partial charge in [0.05, 0.1) is 19.6 Å². The van der Waals surface area contributed by atoms with Gasteiger partial charge in [0.15, 0.2) is 0 Å². The van der Waals surface area contributed by atoms with Crippen molar-refractivity contribution in [3.63, 3.8) is 0 Å². The Morgan fingerprint density at radius 3 is 2.72 bits per heavy atom. The van der Waals surface area contributed by atoms with Gasteiger partial charge in [-0.3, -0.25) is 4.79 Å². The Morgan fingerprint density at radius 2 is 2.00 bits per heavy atom. The summed E-state index contributed by atoms with van der Waals surface area (Å²) < 4.78 is 5.83.